The molecule has 0 aliphatic carbocycles. The number of pyridine rings is 1. The van der Waals surface area contributed by atoms with Gasteiger partial charge in [-0.05, 0) is 52.7 Å². The highest BCUT2D eigenvalue weighted by molar-refractivity contribution is 5.68. The van der Waals surface area contributed by atoms with Gasteiger partial charge in [0.25, 0.3) is 0 Å². The van der Waals surface area contributed by atoms with Crippen LogP contribution in [0.4, 0.5) is 4.79 Å². The van der Waals surface area contributed by atoms with Crippen LogP contribution in [0.3, 0.4) is 0 Å². The van der Waals surface area contributed by atoms with Gasteiger partial charge in [0.2, 0.25) is 0 Å². The molecular weight excluding hydrogens is 278 g/mol. The van der Waals surface area contributed by atoms with Crippen LogP contribution in [0.15, 0.2) is 18.2 Å². The monoisotopic (exact) mass is 305 g/mol. The molecule has 0 saturated carbocycles. The molecule has 1 fully saturated rings. The highest BCUT2D eigenvalue weighted by atomic mass is 16.6. The molecule has 0 spiro atoms. The van der Waals surface area contributed by atoms with Gasteiger partial charge in [0.15, 0.2) is 0 Å². The molecular formula is C17H27N3O2. The lowest BCUT2D eigenvalue weighted by Gasteiger charge is -2.32. The Hall–Kier alpha value is -1.62. The Kier molecular flexibility index (Phi) is 5.40. The molecule has 1 saturated heterocycles. The van der Waals surface area contributed by atoms with Crippen LogP contribution in [0.25, 0.3) is 0 Å². The number of alkyl carbamates (subject to hydrolysis) is 1. The maximum Gasteiger partial charge on any atom is 0.407 e. The largest absolute Gasteiger partial charge is 0.444 e. The molecule has 2 rings (SSSR count). The van der Waals surface area contributed by atoms with Gasteiger partial charge < -0.3 is 10.1 Å². The predicted molar refractivity (Wildman–Crippen MR) is 86.6 cm³/mol. The number of amides is 1. The fourth-order valence-corrected chi connectivity index (χ4v) is 2.63. The predicted octanol–water partition coefficient (Wildman–Crippen LogP) is 2.88. The van der Waals surface area contributed by atoms with Crippen molar-refractivity contribution in [3.63, 3.8) is 0 Å². The molecule has 2 heterocycles. The number of ether oxygens (including phenoxy) is 1. The standard InChI is InChI=1S/C17H27N3O2/c1-13-6-5-7-15(18-13)12-20-10-8-14(9-11-20)19-16(21)22-17(2,3)4/h5-7,14H,8-12H2,1-4H3,(H,19,21). The van der Waals surface area contributed by atoms with Gasteiger partial charge in [-0.2, -0.15) is 0 Å². The first-order valence-electron chi connectivity index (χ1n) is 7.96. The summed E-state index contributed by atoms with van der Waals surface area (Å²) in [7, 11) is 0. The average molecular weight is 305 g/mol. The van der Waals surface area contributed by atoms with E-state index in [0.29, 0.717) is 0 Å². The maximum atomic E-state index is 11.8. The summed E-state index contributed by atoms with van der Waals surface area (Å²) in [5, 5.41) is 2.97. The number of nitrogens with one attached hydrogen (secondary N) is 1. The van der Waals surface area contributed by atoms with Gasteiger partial charge >= 0.3 is 6.09 Å². The minimum atomic E-state index is -0.443. The fourth-order valence-electron chi connectivity index (χ4n) is 2.63. The second-order valence-corrected chi connectivity index (χ2v) is 6.97. The van der Waals surface area contributed by atoms with Gasteiger partial charge in [-0.1, -0.05) is 6.07 Å². The van der Waals surface area contributed by atoms with E-state index in [-0.39, 0.29) is 12.1 Å². The topological polar surface area (TPSA) is 54.5 Å². The smallest absolute Gasteiger partial charge is 0.407 e. The molecule has 0 radical (unpaired) electrons. The number of rotatable bonds is 3. The molecule has 1 N–H and O–H groups in total. The first-order chi connectivity index (χ1) is 10.3. The molecule has 0 atom stereocenters. The Bertz CT molecular complexity index is 503. The molecule has 122 valence electrons. The highest BCUT2D eigenvalue weighted by Crippen LogP contribution is 2.14. The summed E-state index contributed by atoms with van der Waals surface area (Å²) in [4.78, 5) is 18.7. The minimum absolute atomic E-state index is 0.205. The fraction of sp³-hybridized carbons (Fsp3) is 0.647. The number of carbonyl (C=O) groups is 1. The Morgan fingerprint density at radius 2 is 2.05 bits per heavy atom. The first kappa shape index (κ1) is 16.7. The van der Waals surface area contributed by atoms with Crippen molar-refractivity contribution >= 4 is 6.09 Å². The van der Waals surface area contributed by atoms with Gasteiger partial charge in [-0.25, -0.2) is 4.79 Å². The van der Waals surface area contributed by atoms with Crippen molar-refractivity contribution in [2.45, 2.75) is 58.7 Å². The number of carbonyl (C=O) groups excluding carboxylic acids is 1. The van der Waals surface area contributed by atoms with E-state index < -0.39 is 5.60 Å². The SMILES string of the molecule is Cc1cccc(CN2CCC(NC(=O)OC(C)(C)C)CC2)n1. The van der Waals surface area contributed by atoms with Crippen molar-refractivity contribution < 1.29 is 9.53 Å². The van der Waals surface area contributed by atoms with Crippen molar-refractivity contribution in [3.8, 4) is 0 Å². The van der Waals surface area contributed by atoms with Gasteiger partial charge in [0.1, 0.15) is 5.60 Å². The second kappa shape index (κ2) is 7.09. The van der Waals surface area contributed by atoms with Crippen LogP contribution in [-0.2, 0) is 11.3 Å². The molecule has 1 aromatic heterocycles. The van der Waals surface area contributed by atoms with Crippen molar-refractivity contribution in [2.24, 2.45) is 0 Å². The molecule has 0 aromatic carbocycles. The summed E-state index contributed by atoms with van der Waals surface area (Å²) < 4.78 is 5.30. The number of aromatic nitrogens is 1. The molecule has 1 aliphatic heterocycles. The Labute approximate surface area is 133 Å². The normalized spacial score (nSPS) is 17.3. The third kappa shape index (κ3) is 5.64. The molecule has 22 heavy (non-hydrogen) atoms. The third-order valence-electron chi connectivity index (χ3n) is 3.64. The van der Waals surface area contributed by atoms with E-state index in [4.69, 9.17) is 4.74 Å². The quantitative estimate of drug-likeness (QED) is 0.933. The van der Waals surface area contributed by atoms with Gasteiger partial charge in [0, 0.05) is 31.4 Å². The zero-order valence-electron chi connectivity index (χ0n) is 14.1. The van der Waals surface area contributed by atoms with E-state index in [1.54, 1.807) is 0 Å². The van der Waals surface area contributed by atoms with Crippen molar-refractivity contribution in [3.05, 3.63) is 29.6 Å². The lowest BCUT2D eigenvalue weighted by molar-refractivity contribution is 0.0477. The van der Waals surface area contributed by atoms with E-state index in [1.165, 1.54) is 0 Å². The highest BCUT2D eigenvalue weighted by Gasteiger charge is 2.23. The average Bonchev–Trinajstić information content (AvgIpc) is 2.39. The molecule has 1 amide bonds. The summed E-state index contributed by atoms with van der Waals surface area (Å²) in [5.41, 5.74) is 1.72. The van der Waals surface area contributed by atoms with Gasteiger partial charge in [-0.15, -0.1) is 0 Å². The van der Waals surface area contributed by atoms with Gasteiger partial charge in [-0.3, -0.25) is 9.88 Å². The molecule has 1 aliphatic rings. The van der Waals surface area contributed by atoms with Crippen molar-refractivity contribution in [1.82, 2.24) is 15.2 Å². The first-order valence-corrected chi connectivity index (χ1v) is 7.96. The van der Waals surface area contributed by atoms with Crippen molar-refractivity contribution in [2.75, 3.05) is 13.1 Å². The van der Waals surface area contributed by atoms with Crippen LogP contribution in [0.5, 0.6) is 0 Å². The van der Waals surface area contributed by atoms with Crippen LogP contribution >= 0.6 is 0 Å². The molecule has 5 nitrogen and oxygen atoms in total. The number of nitrogens with zero attached hydrogens (tertiary/aromatic N) is 2. The summed E-state index contributed by atoms with van der Waals surface area (Å²) in [6.45, 7) is 10.5. The maximum absolute atomic E-state index is 11.8. The molecule has 1 aromatic rings. The number of likely N-dealkylation sites (tertiary alicyclic amines) is 1. The Balaban J connectivity index is 1.75. The zero-order chi connectivity index (χ0) is 16.2. The van der Waals surface area contributed by atoms with E-state index >= 15 is 0 Å². The van der Waals surface area contributed by atoms with E-state index in [0.717, 1.165) is 43.9 Å². The molecule has 0 unspecified atom stereocenters. The summed E-state index contributed by atoms with van der Waals surface area (Å²) >= 11 is 0. The molecule has 0 bridgehead atoms. The van der Waals surface area contributed by atoms with Crippen LogP contribution in [-0.4, -0.2) is 40.7 Å². The number of hydrogen-bond acceptors (Lipinski definition) is 4. The molecule has 5 heteroatoms. The second-order valence-electron chi connectivity index (χ2n) is 6.97. The summed E-state index contributed by atoms with van der Waals surface area (Å²) in [6.07, 6.45) is 1.59. The Morgan fingerprint density at radius 3 is 2.64 bits per heavy atom. The van der Waals surface area contributed by atoms with E-state index in [1.807, 2.05) is 33.8 Å². The lowest BCUT2D eigenvalue weighted by Crippen LogP contribution is -2.45. The third-order valence-corrected chi connectivity index (χ3v) is 3.64. The lowest BCUT2D eigenvalue weighted by atomic mass is 10.1. The van der Waals surface area contributed by atoms with Crippen LogP contribution in [0, 0.1) is 6.92 Å². The van der Waals surface area contributed by atoms with Crippen LogP contribution in [0.1, 0.15) is 45.0 Å². The summed E-state index contributed by atoms with van der Waals surface area (Å²) in [6, 6.07) is 6.34. The minimum Gasteiger partial charge on any atom is -0.444 e. The number of aryl methyl sites for hydroxylation is 1. The number of hydrogen-bond donors (Lipinski definition) is 1. The van der Waals surface area contributed by atoms with E-state index in [2.05, 4.69) is 27.3 Å². The van der Waals surface area contributed by atoms with Crippen LogP contribution < -0.4 is 5.32 Å². The van der Waals surface area contributed by atoms with Crippen molar-refractivity contribution in [1.29, 1.82) is 0 Å². The summed E-state index contributed by atoms with van der Waals surface area (Å²) in [5.74, 6) is 0. The van der Waals surface area contributed by atoms with Gasteiger partial charge in [0.05, 0.1) is 5.69 Å². The van der Waals surface area contributed by atoms with E-state index in [9.17, 15) is 4.79 Å². The number of piperidine rings is 1. The zero-order valence-corrected chi connectivity index (χ0v) is 14.1. The van der Waals surface area contributed by atoms with Crippen LogP contribution in [0.2, 0.25) is 0 Å². The Morgan fingerprint density at radius 1 is 1.36 bits per heavy atom.